The van der Waals surface area contributed by atoms with Gasteiger partial charge in [-0.3, -0.25) is 4.79 Å². The number of hydrogen-bond donors (Lipinski definition) is 1. The summed E-state index contributed by atoms with van der Waals surface area (Å²) >= 11 is 1.51. The molecule has 0 spiro atoms. The van der Waals surface area contributed by atoms with Crippen molar-refractivity contribution in [3.05, 3.63) is 58.6 Å². The molecular formula is C18H19FN4O2S. The van der Waals surface area contributed by atoms with Gasteiger partial charge in [-0.1, -0.05) is 12.1 Å². The molecule has 2 aromatic heterocycles. The third-order valence-electron chi connectivity index (χ3n) is 3.63. The number of carbonyl (C=O) groups is 1. The number of aromatic nitrogens is 3. The van der Waals surface area contributed by atoms with Gasteiger partial charge in [-0.25, -0.2) is 14.1 Å². The Bertz CT molecular complexity index is 906. The fourth-order valence-corrected chi connectivity index (χ4v) is 3.28. The van der Waals surface area contributed by atoms with E-state index in [1.807, 2.05) is 30.0 Å². The number of aryl methyl sites for hydroxylation is 2. The third-order valence-corrected chi connectivity index (χ3v) is 4.49. The lowest BCUT2D eigenvalue weighted by Gasteiger charge is -2.07. The molecule has 26 heavy (non-hydrogen) atoms. The van der Waals surface area contributed by atoms with Crippen LogP contribution >= 0.6 is 11.3 Å². The van der Waals surface area contributed by atoms with E-state index >= 15 is 0 Å². The number of para-hydroxylation sites is 1. The Morgan fingerprint density at radius 1 is 1.35 bits per heavy atom. The highest BCUT2D eigenvalue weighted by molar-refractivity contribution is 7.12. The number of hydrogen-bond acceptors (Lipinski definition) is 5. The zero-order valence-corrected chi connectivity index (χ0v) is 15.3. The number of nitrogens with zero attached hydrogens (tertiary/aromatic N) is 3. The fraction of sp³-hybridized carbons (Fsp3) is 0.278. The molecule has 8 heteroatoms. The van der Waals surface area contributed by atoms with Crippen LogP contribution in [0.4, 0.5) is 4.39 Å². The molecule has 0 saturated carbocycles. The summed E-state index contributed by atoms with van der Waals surface area (Å²) in [4.78, 5) is 16.3. The summed E-state index contributed by atoms with van der Waals surface area (Å²) in [6.45, 7) is 4.13. The first-order valence-electron chi connectivity index (χ1n) is 8.15. The van der Waals surface area contributed by atoms with Crippen LogP contribution in [0.25, 0.3) is 5.13 Å². The molecule has 0 aliphatic rings. The van der Waals surface area contributed by atoms with Crippen molar-refractivity contribution < 1.29 is 13.9 Å². The van der Waals surface area contributed by atoms with Crippen LogP contribution in [0.5, 0.6) is 5.75 Å². The number of halogens is 1. The predicted octanol–water partition coefficient (Wildman–Crippen LogP) is 2.82. The number of rotatable bonds is 7. The van der Waals surface area contributed by atoms with Crippen molar-refractivity contribution in [2.75, 3.05) is 13.2 Å². The monoisotopic (exact) mass is 374 g/mol. The molecule has 0 radical (unpaired) electrons. The van der Waals surface area contributed by atoms with Crippen molar-refractivity contribution in [2.24, 2.45) is 0 Å². The number of nitrogens with one attached hydrogen (secondary N) is 1. The van der Waals surface area contributed by atoms with Crippen LogP contribution in [0, 0.1) is 19.7 Å². The van der Waals surface area contributed by atoms with Gasteiger partial charge in [0.15, 0.2) is 18.2 Å². The molecule has 2 heterocycles. The lowest BCUT2D eigenvalue weighted by atomic mass is 10.3. The molecule has 0 bridgehead atoms. The van der Waals surface area contributed by atoms with E-state index in [0.717, 1.165) is 22.2 Å². The van der Waals surface area contributed by atoms with Gasteiger partial charge >= 0.3 is 0 Å². The van der Waals surface area contributed by atoms with E-state index in [-0.39, 0.29) is 18.3 Å². The van der Waals surface area contributed by atoms with Crippen molar-refractivity contribution in [3.8, 4) is 10.9 Å². The Balaban J connectivity index is 1.46. The lowest BCUT2D eigenvalue weighted by molar-refractivity contribution is -0.123. The summed E-state index contributed by atoms with van der Waals surface area (Å²) < 4.78 is 20.4. The minimum Gasteiger partial charge on any atom is -0.481 e. The second kappa shape index (κ2) is 8.09. The van der Waals surface area contributed by atoms with Crippen molar-refractivity contribution in [1.82, 2.24) is 20.1 Å². The SMILES string of the molecule is Cc1cc(C)n(-c2nc(CCNC(=O)COc3ccccc3F)cs2)n1. The zero-order valence-electron chi connectivity index (χ0n) is 14.5. The highest BCUT2D eigenvalue weighted by Crippen LogP contribution is 2.17. The summed E-state index contributed by atoms with van der Waals surface area (Å²) in [7, 11) is 0. The Hall–Kier alpha value is -2.74. The van der Waals surface area contributed by atoms with E-state index in [0.29, 0.717) is 13.0 Å². The Morgan fingerprint density at radius 2 is 2.15 bits per heavy atom. The van der Waals surface area contributed by atoms with Gasteiger partial charge in [0.1, 0.15) is 0 Å². The van der Waals surface area contributed by atoms with Gasteiger partial charge in [-0.2, -0.15) is 5.10 Å². The number of thiazole rings is 1. The fourth-order valence-electron chi connectivity index (χ4n) is 2.42. The highest BCUT2D eigenvalue weighted by Gasteiger charge is 2.10. The molecule has 0 fully saturated rings. The van der Waals surface area contributed by atoms with Crippen molar-refractivity contribution >= 4 is 17.2 Å². The van der Waals surface area contributed by atoms with Gasteiger partial charge in [0.25, 0.3) is 5.91 Å². The molecule has 6 nitrogen and oxygen atoms in total. The first-order valence-corrected chi connectivity index (χ1v) is 9.03. The van der Waals surface area contributed by atoms with Crippen molar-refractivity contribution in [1.29, 1.82) is 0 Å². The topological polar surface area (TPSA) is 69.0 Å². The maximum absolute atomic E-state index is 13.4. The summed E-state index contributed by atoms with van der Waals surface area (Å²) in [5.74, 6) is -0.724. The molecule has 0 aliphatic heterocycles. The average Bonchev–Trinajstić information content (AvgIpc) is 3.20. The maximum Gasteiger partial charge on any atom is 0.257 e. The van der Waals surface area contributed by atoms with Crippen molar-refractivity contribution in [2.45, 2.75) is 20.3 Å². The number of carbonyl (C=O) groups excluding carboxylic acids is 1. The smallest absolute Gasteiger partial charge is 0.257 e. The Morgan fingerprint density at radius 3 is 2.88 bits per heavy atom. The molecule has 1 aromatic carbocycles. The molecule has 0 saturated heterocycles. The largest absolute Gasteiger partial charge is 0.481 e. The van der Waals surface area contributed by atoms with E-state index in [4.69, 9.17) is 4.74 Å². The standard InChI is InChI=1S/C18H19FN4O2S/c1-12-9-13(2)23(22-12)18-21-14(11-26-18)7-8-20-17(24)10-25-16-6-4-3-5-15(16)19/h3-6,9,11H,7-8,10H2,1-2H3,(H,20,24). The summed E-state index contributed by atoms with van der Waals surface area (Å²) in [5, 5.41) is 9.91. The minimum absolute atomic E-state index is 0.0664. The lowest BCUT2D eigenvalue weighted by Crippen LogP contribution is -2.30. The van der Waals surface area contributed by atoms with E-state index < -0.39 is 5.82 Å². The summed E-state index contributed by atoms with van der Waals surface area (Å²) in [6.07, 6.45) is 0.598. The molecule has 0 aliphatic carbocycles. The van der Waals surface area contributed by atoms with Crippen LogP contribution in [-0.2, 0) is 11.2 Å². The third kappa shape index (κ3) is 4.45. The molecule has 0 unspecified atom stereocenters. The van der Waals surface area contributed by atoms with Crippen LogP contribution in [0.1, 0.15) is 17.1 Å². The van der Waals surface area contributed by atoms with Crippen LogP contribution in [0.15, 0.2) is 35.7 Å². The predicted molar refractivity (Wildman–Crippen MR) is 97.3 cm³/mol. The Labute approximate surface area is 154 Å². The van der Waals surface area contributed by atoms with E-state index in [2.05, 4.69) is 15.4 Å². The zero-order chi connectivity index (χ0) is 18.5. The van der Waals surface area contributed by atoms with E-state index in [1.165, 1.54) is 23.5 Å². The maximum atomic E-state index is 13.4. The second-order valence-corrected chi connectivity index (χ2v) is 6.62. The van der Waals surface area contributed by atoms with Crippen LogP contribution in [0.3, 0.4) is 0 Å². The van der Waals surface area contributed by atoms with Gasteiger partial charge in [-0.15, -0.1) is 11.3 Å². The average molecular weight is 374 g/mol. The van der Waals surface area contributed by atoms with Gasteiger partial charge in [0, 0.05) is 24.0 Å². The molecule has 0 atom stereocenters. The molecule has 1 N–H and O–H groups in total. The van der Waals surface area contributed by atoms with E-state index in [9.17, 15) is 9.18 Å². The van der Waals surface area contributed by atoms with Gasteiger partial charge in [-0.05, 0) is 32.0 Å². The minimum atomic E-state index is -0.487. The van der Waals surface area contributed by atoms with Gasteiger partial charge in [0.05, 0.1) is 11.4 Å². The van der Waals surface area contributed by atoms with Gasteiger partial charge < -0.3 is 10.1 Å². The normalized spacial score (nSPS) is 10.7. The number of ether oxygens (including phenoxy) is 1. The quantitative estimate of drug-likeness (QED) is 0.690. The van der Waals surface area contributed by atoms with Crippen LogP contribution in [-0.4, -0.2) is 33.8 Å². The van der Waals surface area contributed by atoms with Gasteiger partial charge in [0.2, 0.25) is 5.13 Å². The molecule has 3 aromatic rings. The van der Waals surface area contributed by atoms with Crippen molar-refractivity contribution in [3.63, 3.8) is 0 Å². The second-order valence-electron chi connectivity index (χ2n) is 5.78. The van der Waals surface area contributed by atoms with E-state index in [1.54, 1.807) is 12.1 Å². The Kier molecular flexibility index (Phi) is 5.62. The van der Waals surface area contributed by atoms with Crippen LogP contribution in [0.2, 0.25) is 0 Å². The molecule has 136 valence electrons. The summed E-state index contributed by atoms with van der Waals surface area (Å²) in [5.41, 5.74) is 2.86. The molecule has 1 amide bonds. The summed E-state index contributed by atoms with van der Waals surface area (Å²) in [6, 6.07) is 7.99. The van der Waals surface area contributed by atoms with Crippen LogP contribution < -0.4 is 10.1 Å². The highest BCUT2D eigenvalue weighted by atomic mass is 32.1. The number of amides is 1. The first kappa shape index (κ1) is 18.1. The number of benzene rings is 1. The first-order chi connectivity index (χ1) is 12.5. The molecule has 3 rings (SSSR count). The molecular weight excluding hydrogens is 355 g/mol.